The van der Waals surface area contributed by atoms with E-state index in [1.165, 1.54) is 56.1 Å². The lowest BCUT2D eigenvalue weighted by Crippen LogP contribution is -1.84. The van der Waals surface area contributed by atoms with Crippen molar-refractivity contribution in [2.24, 2.45) is 0 Å². The SMILES string of the molecule is CCCCCCCCC=C=C(C)CCc1ccccc1. The summed E-state index contributed by atoms with van der Waals surface area (Å²) in [5.74, 6) is 0. The number of rotatable bonds is 10. The van der Waals surface area contributed by atoms with E-state index in [4.69, 9.17) is 0 Å². The molecule has 0 atom stereocenters. The molecule has 1 aromatic rings. The van der Waals surface area contributed by atoms with Crippen molar-refractivity contribution in [2.75, 3.05) is 0 Å². The summed E-state index contributed by atoms with van der Waals surface area (Å²) in [6.45, 7) is 4.46. The van der Waals surface area contributed by atoms with Crippen LogP contribution in [0.3, 0.4) is 0 Å². The van der Waals surface area contributed by atoms with Crippen LogP contribution in [0.25, 0.3) is 0 Å². The van der Waals surface area contributed by atoms with Gasteiger partial charge in [-0.25, -0.2) is 0 Å². The van der Waals surface area contributed by atoms with Crippen molar-refractivity contribution in [3.63, 3.8) is 0 Å². The summed E-state index contributed by atoms with van der Waals surface area (Å²) in [4.78, 5) is 0. The standard InChI is InChI=1S/C20H30/c1-3-4-5-6-7-8-9-11-14-19(2)17-18-20-15-12-10-13-16-20/h10-13,15-16H,3-9,17-18H2,1-2H3. The highest BCUT2D eigenvalue weighted by Crippen LogP contribution is 2.09. The van der Waals surface area contributed by atoms with Gasteiger partial charge >= 0.3 is 0 Å². The number of benzene rings is 1. The van der Waals surface area contributed by atoms with Crippen LogP contribution in [-0.2, 0) is 6.42 Å². The van der Waals surface area contributed by atoms with Crippen molar-refractivity contribution >= 4 is 0 Å². The summed E-state index contributed by atoms with van der Waals surface area (Å²) in [7, 11) is 0. The molecule has 110 valence electrons. The van der Waals surface area contributed by atoms with E-state index in [0.29, 0.717) is 0 Å². The first-order valence-corrected chi connectivity index (χ1v) is 8.27. The van der Waals surface area contributed by atoms with Crippen LogP contribution < -0.4 is 0 Å². The zero-order valence-electron chi connectivity index (χ0n) is 13.3. The van der Waals surface area contributed by atoms with Gasteiger partial charge in [0.2, 0.25) is 0 Å². The summed E-state index contributed by atoms with van der Waals surface area (Å²) >= 11 is 0. The molecule has 0 bridgehead atoms. The summed E-state index contributed by atoms with van der Waals surface area (Å²) in [6, 6.07) is 10.7. The van der Waals surface area contributed by atoms with Crippen molar-refractivity contribution in [1.29, 1.82) is 0 Å². The third kappa shape index (κ3) is 8.77. The Kier molecular flexibility index (Phi) is 9.70. The predicted octanol–water partition coefficient (Wildman–Crippen LogP) is 6.47. The van der Waals surface area contributed by atoms with Gasteiger partial charge in [-0.15, -0.1) is 5.73 Å². The predicted molar refractivity (Wildman–Crippen MR) is 90.0 cm³/mol. The Morgan fingerprint density at radius 2 is 1.70 bits per heavy atom. The second-order valence-corrected chi connectivity index (χ2v) is 5.67. The van der Waals surface area contributed by atoms with Gasteiger partial charge in [0.25, 0.3) is 0 Å². The van der Waals surface area contributed by atoms with Gasteiger partial charge in [-0.1, -0.05) is 69.4 Å². The third-order valence-electron chi connectivity index (χ3n) is 3.68. The highest BCUT2D eigenvalue weighted by molar-refractivity contribution is 5.16. The maximum atomic E-state index is 3.45. The van der Waals surface area contributed by atoms with Gasteiger partial charge in [0.15, 0.2) is 0 Å². The van der Waals surface area contributed by atoms with Crippen LogP contribution in [0.1, 0.15) is 70.8 Å². The lowest BCUT2D eigenvalue weighted by molar-refractivity contribution is 0.611. The quantitative estimate of drug-likeness (QED) is 0.337. The molecule has 0 saturated carbocycles. The maximum absolute atomic E-state index is 3.45. The van der Waals surface area contributed by atoms with E-state index in [1.54, 1.807) is 0 Å². The van der Waals surface area contributed by atoms with Crippen molar-refractivity contribution in [1.82, 2.24) is 0 Å². The number of hydrogen-bond acceptors (Lipinski definition) is 0. The minimum atomic E-state index is 1.12. The van der Waals surface area contributed by atoms with Gasteiger partial charge in [-0.3, -0.25) is 0 Å². The Morgan fingerprint density at radius 3 is 2.45 bits per heavy atom. The average Bonchev–Trinajstić information content (AvgIpc) is 2.49. The van der Waals surface area contributed by atoms with Crippen LogP contribution in [0.2, 0.25) is 0 Å². The van der Waals surface area contributed by atoms with E-state index in [1.807, 2.05) is 0 Å². The van der Waals surface area contributed by atoms with Crippen LogP contribution in [0.15, 0.2) is 47.7 Å². The molecule has 0 unspecified atom stereocenters. The molecule has 0 heterocycles. The summed E-state index contributed by atoms with van der Waals surface area (Å²) < 4.78 is 0. The highest BCUT2D eigenvalue weighted by Gasteiger charge is 1.92. The van der Waals surface area contributed by atoms with E-state index in [2.05, 4.69) is 56.0 Å². The van der Waals surface area contributed by atoms with E-state index in [0.717, 1.165) is 12.8 Å². The van der Waals surface area contributed by atoms with Gasteiger partial charge in [0, 0.05) is 0 Å². The molecule has 20 heavy (non-hydrogen) atoms. The lowest BCUT2D eigenvalue weighted by atomic mass is 10.1. The molecule has 0 aromatic heterocycles. The van der Waals surface area contributed by atoms with Crippen molar-refractivity contribution in [2.45, 2.75) is 71.6 Å². The molecule has 0 spiro atoms. The monoisotopic (exact) mass is 270 g/mol. The van der Waals surface area contributed by atoms with E-state index in [-0.39, 0.29) is 0 Å². The Bertz CT molecular complexity index is 393. The second kappa shape index (κ2) is 11.6. The van der Waals surface area contributed by atoms with Crippen molar-refractivity contribution < 1.29 is 0 Å². The highest BCUT2D eigenvalue weighted by atomic mass is 14.0. The molecule has 0 aliphatic rings. The normalized spacial score (nSPS) is 10.1. The van der Waals surface area contributed by atoms with Gasteiger partial charge in [-0.05, 0) is 49.8 Å². The molecule has 1 aromatic carbocycles. The van der Waals surface area contributed by atoms with E-state index < -0.39 is 0 Å². The Balaban J connectivity index is 2.12. The molecule has 0 aliphatic heterocycles. The number of aryl methyl sites for hydroxylation is 1. The third-order valence-corrected chi connectivity index (χ3v) is 3.68. The average molecular weight is 270 g/mol. The molecular formula is C20H30. The minimum absolute atomic E-state index is 1.12. The Labute approximate surface area is 125 Å². The Hall–Kier alpha value is -1.26. The van der Waals surface area contributed by atoms with Gasteiger partial charge < -0.3 is 0 Å². The molecule has 0 saturated heterocycles. The molecule has 0 heteroatoms. The Morgan fingerprint density at radius 1 is 1.00 bits per heavy atom. The molecule has 0 radical (unpaired) electrons. The zero-order chi connectivity index (χ0) is 14.5. The van der Waals surface area contributed by atoms with Gasteiger partial charge in [-0.2, -0.15) is 0 Å². The molecular weight excluding hydrogens is 240 g/mol. The first-order valence-electron chi connectivity index (χ1n) is 8.27. The first kappa shape index (κ1) is 16.8. The minimum Gasteiger partial charge on any atom is -0.126 e. The topological polar surface area (TPSA) is 0 Å². The second-order valence-electron chi connectivity index (χ2n) is 5.67. The van der Waals surface area contributed by atoms with Crippen molar-refractivity contribution in [3.05, 3.63) is 53.3 Å². The van der Waals surface area contributed by atoms with Crippen LogP contribution in [-0.4, -0.2) is 0 Å². The summed E-state index contributed by atoms with van der Waals surface area (Å²) in [6.07, 6.45) is 13.9. The zero-order valence-corrected chi connectivity index (χ0v) is 13.3. The molecule has 1 rings (SSSR count). The fourth-order valence-corrected chi connectivity index (χ4v) is 2.32. The summed E-state index contributed by atoms with van der Waals surface area (Å²) in [5, 5.41) is 0. The molecule has 0 aliphatic carbocycles. The molecule has 0 amide bonds. The van der Waals surface area contributed by atoms with Crippen LogP contribution >= 0.6 is 0 Å². The fraction of sp³-hybridized carbons (Fsp3) is 0.550. The number of allylic oxidation sites excluding steroid dienone is 1. The molecule has 0 N–H and O–H groups in total. The smallest absolute Gasteiger partial charge is 0.0206 e. The molecule has 0 nitrogen and oxygen atoms in total. The van der Waals surface area contributed by atoms with Crippen LogP contribution in [0.4, 0.5) is 0 Å². The summed E-state index contributed by atoms with van der Waals surface area (Å²) in [5.41, 5.74) is 6.24. The van der Waals surface area contributed by atoms with Crippen LogP contribution in [0, 0.1) is 0 Å². The van der Waals surface area contributed by atoms with E-state index >= 15 is 0 Å². The fourth-order valence-electron chi connectivity index (χ4n) is 2.32. The van der Waals surface area contributed by atoms with Crippen molar-refractivity contribution in [3.8, 4) is 0 Å². The van der Waals surface area contributed by atoms with Gasteiger partial charge in [0.1, 0.15) is 0 Å². The lowest BCUT2D eigenvalue weighted by Gasteiger charge is -1.99. The van der Waals surface area contributed by atoms with E-state index in [9.17, 15) is 0 Å². The van der Waals surface area contributed by atoms with Crippen LogP contribution in [0.5, 0.6) is 0 Å². The number of hydrogen-bond donors (Lipinski definition) is 0. The number of unbranched alkanes of at least 4 members (excludes halogenated alkanes) is 6. The van der Waals surface area contributed by atoms with Gasteiger partial charge in [0.05, 0.1) is 0 Å². The maximum Gasteiger partial charge on any atom is -0.0206 e. The first-order chi connectivity index (χ1) is 9.83. The molecule has 0 fully saturated rings. The largest absolute Gasteiger partial charge is 0.126 e.